The van der Waals surface area contributed by atoms with Crippen LogP contribution in [0.5, 0.6) is 0 Å². The zero-order valence-electron chi connectivity index (χ0n) is 26.3. The minimum Gasteiger partial charge on any atom is -0.310 e. The van der Waals surface area contributed by atoms with Gasteiger partial charge in [-0.25, -0.2) is 0 Å². The lowest BCUT2D eigenvalue weighted by Gasteiger charge is -2.27. The first-order chi connectivity index (χ1) is 24.2. The second-order valence-corrected chi connectivity index (χ2v) is 12.0. The van der Waals surface area contributed by atoms with Crippen molar-refractivity contribution in [3.05, 3.63) is 175 Å². The van der Waals surface area contributed by atoms with Gasteiger partial charge in [-0.1, -0.05) is 66.7 Å². The normalized spacial score (nSPS) is 11.2. The predicted molar refractivity (Wildman–Crippen MR) is 200 cm³/mol. The van der Waals surface area contributed by atoms with Crippen LogP contribution < -0.4 is 9.80 Å². The average Bonchev–Trinajstić information content (AvgIpc) is 3.70. The third-order valence-electron chi connectivity index (χ3n) is 9.34. The number of hydrogen-bond donors (Lipinski definition) is 0. The van der Waals surface area contributed by atoms with E-state index in [9.17, 15) is 10.5 Å². The van der Waals surface area contributed by atoms with Crippen LogP contribution in [0.4, 0.5) is 34.1 Å². The Balaban J connectivity index is 1.34. The summed E-state index contributed by atoms with van der Waals surface area (Å²) in [6.45, 7) is 0. The number of fused-ring (bicyclic) bond motifs is 6. The molecule has 5 heteroatoms. The Morgan fingerprint density at radius 1 is 0.388 bits per heavy atom. The lowest BCUT2D eigenvalue weighted by atomic mass is 10.0. The summed E-state index contributed by atoms with van der Waals surface area (Å²) in [7, 11) is 0. The van der Waals surface area contributed by atoms with Crippen molar-refractivity contribution in [1.29, 1.82) is 10.5 Å². The third-order valence-corrected chi connectivity index (χ3v) is 9.34. The Morgan fingerprint density at radius 3 is 1.18 bits per heavy atom. The Hall–Kier alpha value is -7.08. The van der Waals surface area contributed by atoms with E-state index in [4.69, 9.17) is 0 Å². The second kappa shape index (κ2) is 11.3. The van der Waals surface area contributed by atoms with Gasteiger partial charge < -0.3 is 14.2 Å². The number of benzene rings is 7. The van der Waals surface area contributed by atoms with Crippen LogP contribution in [-0.2, 0) is 0 Å². The number of nitriles is 2. The van der Waals surface area contributed by atoms with Crippen molar-refractivity contribution in [3.63, 3.8) is 0 Å². The summed E-state index contributed by atoms with van der Waals surface area (Å²) in [6, 6.07) is 60.5. The molecule has 9 rings (SSSR count). The van der Waals surface area contributed by atoms with Gasteiger partial charge in [0.25, 0.3) is 0 Å². The highest BCUT2D eigenvalue weighted by Gasteiger charge is 2.25. The summed E-state index contributed by atoms with van der Waals surface area (Å²) in [6.07, 6.45) is 0. The van der Waals surface area contributed by atoms with Crippen LogP contribution in [0.15, 0.2) is 164 Å². The van der Waals surface area contributed by atoms with Gasteiger partial charge >= 0.3 is 0 Å². The van der Waals surface area contributed by atoms with Crippen molar-refractivity contribution in [3.8, 4) is 12.1 Å². The highest BCUT2D eigenvalue weighted by Crippen LogP contribution is 2.49. The van der Waals surface area contributed by atoms with Gasteiger partial charge in [0, 0.05) is 44.3 Å². The van der Waals surface area contributed by atoms with E-state index in [1.54, 1.807) is 0 Å². The standard InChI is InChI=1S/C44H27N5/c45-28-30-20-24-34(25-21-30)47(32-10-3-1-4-11-32)38-16-8-18-40-42(38)36-14-7-15-37-43-39(17-9-19-41(43)49(40)44(36)37)48(33-12-5-2-6-13-33)35-26-22-31(29-46)23-27-35/h1-27H. The molecule has 0 unspecified atom stereocenters. The summed E-state index contributed by atoms with van der Waals surface area (Å²) >= 11 is 0. The van der Waals surface area contributed by atoms with Gasteiger partial charge in [-0.3, -0.25) is 0 Å². The number of anilines is 6. The fourth-order valence-corrected chi connectivity index (χ4v) is 7.29. The first-order valence-electron chi connectivity index (χ1n) is 16.2. The van der Waals surface area contributed by atoms with Crippen LogP contribution in [0.3, 0.4) is 0 Å². The minimum absolute atomic E-state index is 0.628. The molecule has 0 aliphatic rings. The molecule has 49 heavy (non-hydrogen) atoms. The molecule has 0 amide bonds. The van der Waals surface area contributed by atoms with Gasteiger partial charge in [-0.05, 0) is 97.1 Å². The molecule has 0 saturated carbocycles. The molecule has 2 heterocycles. The molecule has 9 aromatic rings. The van der Waals surface area contributed by atoms with Crippen molar-refractivity contribution >= 4 is 72.2 Å². The van der Waals surface area contributed by atoms with Crippen LogP contribution in [0.25, 0.3) is 38.1 Å². The number of hydrogen-bond acceptors (Lipinski definition) is 4. The summed E-state index contributed by atoms with van der Waals surface area (Å²) < 4.78 is 2.41. The van der Waals surface area contributed by atoms with E-state index in [1.807, 2.05) is 60.7 Å². The zero-order valence-corrected chi connectivity index (χ0v) is 26.3. The highest BCUT2D eigenvalue weighted by molar-refractivity contribution is 6.28. The van der Waals surface area contributed by atoms with Gasteiger partial charge in [0.05, 0.1) is 51.2 Å². The molecule has 7 aromatic carbocycles. The number of rotatable bonds is 6. The topological polar surface area (TPSA) is 58.5 Å². The maximum absolute atomic E-state index is 9.50. The molecule has 0 aliphatic carbocycles. The molecule has 0 aliphatic heterocycles. The van der Waals surface area contributed by atoms with E-state index < -0.39 is 0 Å². The van der Waals surface area contributed by atoms with Crippen LogP contribution in [0.2, 0.25) is 0 Å². The summed E-state index contributed by atoms with van der Waals surface area (Å²) in [5, 5.41) is 23.7. The zero-order chi connectivity index (χ0) is 32.9. The summed E-state index contributed by atoms with van der Waals surface area (Å²) in [5.41, 5.74) is 10.8. The van der Waals surface area contributed by atoms with E-state index in [0.29, 0.717) is 11.1 Å². The van der Waals surface area contributed by atoms with Gasteiger partial charge in [0.2, 0.25) is 0 Å². The Labute approximate surface area is 283 Å². The molecular weight excluding hydrogens is 599 g/mol. The van der Waals surface area contributed by atoms with E-state index >= 15 is 0 Å². The predicted octanol–water partition coefficient (Wildman–Crippen LogP) is 11.5. The molecular formula is C44H27N5. The first kappa shape index (κ1) is 28.2. The van der Waals surface area contributed by atoms with Crippen molar-refractivity contribution in [1.82, 2.24) is 4.40 Å². The van der Waals surface area contributed by atoms with Crippen LogP contribution in [0, 0.1) is 22.7 Å². The summed E-state index contributed by atoms with van der Waals surface area (Å²) in [5.74, 6) is 0. The molecule has 5 nitrogen and oxygen atoms in total. The highest BCUT2D eigenvalue weighted by atomic mass is 15.2. The van der Waals surface area contributed by atoms with E-state index in [-0.39, 0.29) is 0 Å². The summed E-state index contributed by atoms with van der Waals surface area (Å²) in [4.78, 5) is 4.56. The molecule has 0 radical (unpaired) electrons. The third kappa shape index (κ3) is 4.38. The molecule has 0 bridgehead atoms. The Morgan fingerprint density at radius 2 is 0.776 bits per heavy atom. The lowest BCUT2D eigenvalue weighted by molar-refractivity contribution is 1.29. The first-order valence-corrected chi connectivity index (χ1v) is 16.2. The quantitative estimate of drug-likeness (QED) is 0.184. The number of para-hydroxylation sites is 3. The fourth-order valence-electron chi connectivity index (χ4n) is 7.29. The van der Waals surface area contributed by atoms with Crippen molar-refractivity contribution in [2.45, 2.75) is 0 Å². The molecule has 228 valence electrons. The Kier molecular flexibility index (Phi) is 6.50. The monoisotopic (exact) mass is 625 g/mol. The Bertz CT molecular complexity index is 2530. The van der Waals surface area contributed by atoms with Crippen molar-refractivity contribution < 1.29 is 0 Å². The minimum atomic E-state index is 0.628. The van der Waals surface area contributed by atoms with E-state index in [1.165, 1.54) is 16.3 Å². The molecule has 0 fully saturated rings. The van der Waals surface area contributed by atoms with Gasteiger partial charge in [0.15, 0.2) is 0 Å². The average molecular weight is 626 g/mol. The second-order valence-electron chi connectivity index (χ2n) is 12.0. The SMILES string of the molecule is N#Cc1ccc(N(c2ccccc2)c2cccc3c2c2cccc4c5c(N(c6ccccc6)c6ccc(C#N)cc6)cccc5n3c24)cc1. The van der Waals surface area contributed by atoms with Gasteiger partial charge in [0.1, 0.15) is 0 Å². The number of aromatic nitrogens is 1. The fraction of sp³-hybridized carbons (Fsp3) is 0. The molecule has 0 saturated heterocycles. The van der Waals surface area contributed by atoms with Crippen LogP contribution in [0.1, 0.15) is 11.1 Å². The molecule has 0 N–H and O–H groups in total. The van der Waals surface area contributed by atoms with E-state index in [0.717, 1.165) is 55.9 Å². The smallest absolute Gasteiger partial charge is 0.0991 e. The molecule has 0 spiro atoms. The maximum atomic E-state index is 9.50. The molecule has 0 atom stereocenters. The lowest BCUT2D eigenvalue weighted by Crippen LogP contribution is -2.10. The van der Waals surface area contributed by atoms with Crippen LogP contribution >= 0.6 is 0 Å². The van der Waals surface area contributed by atoms with E-state index in [2.05, 4.69) is 129 Å². The van der Waals surface area contributed by atoms with Gasteiger partial charge in [-0.15, -0.1) is 0 Å². The molecule has 2 aromatic heterocycles. The van der Waals surface area contributed by atoms with Crippen molar-refractivity contribution in [2.75, 3.05) is 9.80 Å². The maximum Gasteiger partial charge on any atom is 0.0991 e. The number of nitrogens with zero attached hydrogens (tertiary/aromatic N) is 5. The largest absolute Gasteiger partial charge is 0.310 e. The van der Waals surface area contributed by atoms with Gasteiger partial charge in [-0.2, -0.15) is 10.5 Å². The van der Waals surface area contributed by atoms with Crippen LogP contribution in [-0.4, -0.2) is 4.40 Å². The van der Waals surface area contributed by atoms with Crippen molar-refractivity contribution in [2.24, 2.45) is 0 Å².